The second-order valence-corrected chi connectivity index (χ2v) is 32.7. The van der Waals surface area contributed by atoms with Crippen LogP contribution in [0.25, 0.3) is 0 Å². The fourth-order valence-electron chi connectivity index (χ4n) is 13.3. The lowest BCUT2D eigenvalue weighted by Crippen LogP contribution is -2.63. The van der Waals surface area contributed by atoms with Gasteiger partial charge in [-0.3, -0.25) is 86.3 Å². The first-order valence-corrected chi connectivity index (χ1v) is 42.7. The van der Waals surface area contributed by atoms with Gasteiger partial charge in [-0.2, -0.15) is 0 Å². The molecular formula is C88H123N19O24. The molecule has 43 nitrogen and oxygen atoms in total. The number of imidazole rings is 1. The van der Waals surface area contributed by atoms with Crippen LogP contribution in [0.2, 0.25) is 0 Å². The molecule has 4 aromatic carbocycles. The molecule has 0 spiro atoms. The summed E-state index contributed by atoms with van der Waals surface area (Å²) in [5.41, 5.74) is 14.1. The third-order valence-electron chi connectivity index (χ3n) is 21.2. The highest BCUT2D eigenvalue weighted by Crippen LogP contribution is 2.18. The maximum absolute atomic E-state index is 14.8. The van der Waals surface area contributed by atoms with Gasteiger partial charge in [-0.05, 0) is 84.7 Å². The number of aliphatic carboxylic acids is 2. The number of carboxylic acid groups (broad SMARTS) is 2. The molecule has 0 unspecified atom stereocenters. The van der Waals surface area contributed by atoms with Gasteiger partial charge in [0, 0.05) is 31.9 Å². The van der Waals surface area contributed by atoms with Gasteiger partial charge in [-0.15, -0.1) is 0 Å². The molecule has 26 N–H and O–H groups in total. The van der Waals surface area contributed by atoms with Crippen molar-refractivity contribution in [3.05, 3.63) is 156 Å². The zero-order valence-corrected chi connectivity index (χ0v) is 74.5. The summed E-state index contributed by atoms with van der Waals surface area (Å²) in [5, 5.41) is 97.8. The van der Waals surface area contributed by atoms with Crippen molar-refractivity contribution >= 4 is 106 Å². The average molecular weight is 1830 g/mol. The van der Waals surface area contributed by atoms with Crippen molar-refractivity contribution in [2.24, 2.45) is 35.1 Å². The summed E-state index contributed by atoms with van der Waals surface area (Å²) in [4.78, 5) is 255. The number of benzene rings is 4. The number of carbonyl (C=O) groups is 18. The van der Waals surface area contributed by atoms with Crippen LogP contribution in [0.15, 0.2) is 128 Å². The lowest BCUT2D eigenvalue weighted by Gasteiger charge is -2.29. The van der Waals surface area contributed by atoms with E-state index < -0.39 is 254 Å². The van der Waals surface area contributed by atoms with E-state index in [2.05, 4.69) is 89.7 Å². The molecular weight excluding hydrogens is 1710 g/mol. The quantitative estimate of drug-likeness (QED) is 0.0174. The number of phenols is 1. The Morgan fingerprint density at radius 2 is 0.740 bits per heavy atom. The molecule has 0 saturated heterocycles. The van der Waals surface area contributed by atoms with Gasteiger partial charge in [0.1, 0.15) is 90.3 Å². The molecule has 0 aliphatic rings. The first kappa shape index (κ1) is 108. The number of H-pyrrole nitrogens is 1. The predicted molar refractivity (Wildman–Crippen MR) is 471 cm³/mol. The maximum atomic E-state index is 14.8. The SMILES string of the molecule is CC[C@H](C)[C@H](NC(=O)[C@H](CO)NC(=O)[C@H](Cc1c[nH]cn1)NC(=O)[C@H](Cc1ccccc1)NC(=O)[C@H](Cc1ccccc1)NC(=O)[C@H](CC(=O)O)NC(=O)CNC(=O)[C@@H](NC(=O)[C@@H](NC(=O)[C@H](CO)NC(=O)[C@@H](NC(=O)[C@H](CC(=O)O)NC(=O)[C@H](C)NC(=O)[C@H](Cc1ccccc1)NC(=O)[C@@H](CC(C)C)NC(=O)[C@@H](N)Cc1ccc(O)cc1)C(C)C)[C@@H](C)O)[C@@H](C)CC)C(N)=O. The molecule has 5 rings (SSSR count). The fraction of sp³-hybridized carbons (Fsp3) is 0.489. The van der Waals surface area contributed by atoms with E-state index in [-0.39, 0.29) is 62.3 Å². The van der Waals surface area contributed by atoms with E-state index in [1.54, 1.807) is 138 Å². The summed E-state index contributed by atoms with van der Waals surface area (Å²) < 4.78 is 0. The van der Waals surface area contributed by atoms with Gasteiger partial charge in [-0.25, -0.2) is 4.98 Å². The second kappa shape index (κ2) is 53.9. The van der Waals surface area contributed by atoms with Crippen molar-refractivity contribution in [1.82, 2.24) is 89.7 Å². The van der Waals surface area contributed by atoms with Gasteiger partial charge in [-0.1, -0.05) is 171 Å². The summed E-state index contributed by atoms with van der Waals surface area (Å²) in [7, 11) is 0. The predicted octanol–water partition coefficient (Wildman–Crippen LogP) is -4.53. The zero-order chi connectivity index (χ0) is 97.5. The molecule has 16 amide bonds. The van der Waals surface area contributed by atoms with E-state index in [0.717, 1.165) is 6.92 Å². The number of carboxylic acids is 2. The Balaban J connectivity index is 1.26. The molecule has 43 heteroatoms. The number of aliphatic hydroxyl groups is 3. The van der Waals surface area contributed by atoms with Gasteiger partial charge < -0.3 is 127 Å². The number of hydrogen-bond acceptors (Lipinski definition) is 24. The summed E-state index contributed by atoms with van der Waals surface area (Å²) in [6.45, 7) is 12.0. The van der Waals surface area contributed by atoms with E-state index in [0.29, 0.717) is 28.7 Å². The topological polar surface area (TPSA) is 690 Å². The first-order chi connectivity index (χ1) is 61.9. The van der Waals surface area contributed by atoms with Gasteiger partial charge in [0.2, 0.25) is 94.5 Å². The van der Waals surface area contributed by atoms with Crippen molar-refractivity contribution in [2.75, 3.05) is 19.8 Å². The molecule has 0 aliphatic heterocycles. The molecule has 714 valence electrons. The number of nitrogens with zero attached hydrogens (tertiary/aromatic N) is 1. The van der Waals surface area contributed by atoms with Crippen LogP contribution in [0, 0.1) is 23.7 Å². The third kappa shape index (κ3) is 36.3. The number of aromatic nitrogens is 2. The highest BCUT2D eigenvalue weighted by molar-refractivity contribution is 6.02. The number of primary amides is 1. The minimum atomic E-state index is -2.00. The molecule has 1 heterocycles. The number of phenolic OH excluding ortho intramolecular Hbond substituents is 1. The Labute approximate surface area is 756 Å². The number of carbonyl (C=O) groups excluding carboxylic acids is 16. The van der Waals surface area contributed by atoms with Crippen LogP contribution in [-0.4, -0.2) is 264 Å². The molecule has 131 heavy (non-hydrogen) atoms. The monoisotopic (exact) mass is 1830 g/mol. The minimum absolute atomic E-state index is 0.00181. The molecule has 5 aromatic rings. The molecule has 1 aromatic heterocycles. The molecule has 18 atom stereocenters. The first-order valence-electron chi connectivity index (χ1n) is 42.7. The number of aromatic hydroxyl groups is 1. The van der Waals surface area contributed by atoms with Gasteiger partial charge in [0.25, 0.3) is 0 Å². The van der Waals surface area contributed by atoms with Crippen LogP contribution < -0.4 is 91.2 Å². The summed E-state index contributed by atoms with van der Waals surface area (Å²) >= 11 is 0. The number of hydrogen-bond donors (Lipinski definition) is 24. The fourth-order valence-corrected chi connectivity index (χ4v) is 13.3. The number of aromatic amines is 1. The number of rotatable bonds is 55. The Kier molecular flexibility index (Phi) is 44.3. The number of amides is 16. The smallest absolute Gasteiger partial charge is 0.305 e. The number of nitrogens with two attached hydrogens (primary N) is 2. The van der Waals surface area contributed by atoms with Gasteiger partial charge >= 0.3 is 11.9 Å². The van der Waals surface area contributed by atoms with E-state index in [4.69, 9.17) is 11.5 Å². The van der Waals surface area contributed by atoms with E-state index >= 15 is 0 Å². The zero-order valence-electron chi connectivity index (χ0n) is 74.5. The van der Waals surface area contributed by atoms with Crippen LogP contribution in [0.4, 0.5) is 0 Å². The Morgan fingerprint density at radius 1 is 0.382 bits per heavy atom. The van der Waals surface area contributed by atoms with Crippen molar-refractivity contribution in [3.63, 3.8) is 0 Å². The van der Waals surface area contributed by atoms with Crippen LogP contribution in [0.1, 0.15) is 129 Å². The normalized spacial score (nSPS) is 15.3. The van der Waals surface area contributed by atoms with Crippen LogP contribution in [-0.2, 0) is 118 Å². The van der Waals surface area contributed by atoms with E-state index in [1.807, 2.05) is 0 Å². The molecule has 0 aliphatic carbocycles. The lowest BCUT2D eigenvalue weighted by atomic mass is 9.97. The minimum Gasteiger partial charge on any atom is -0.508 e. The second-order valence-electron chi connectivity index (χ2n) is 32.7. The Morgan fingerprint density at radius 3 is 1.16 bits per heavy atom. The summed E-state index contributed by atoms with van der Waals surface area (Å²) in [6.07, 6.45) is -1.70. The largest absolute Gasteiger partial charge is 0.508 e. The number of aliphatic hydroxyl groups excluding tert-OH is 3. The molecule has 0 saturated carbocycles. The molecule has 0 bridgehead atoms. The molecule has 0 radical (unpaired) electrons. The van der Waals surface area contributed by atoms with Crippen molar-refractivity contribution in [3.8, 4) is 5.75 Å². The van der Waals surface area contributed by atoms with Crippen molar-refractivity contribution < 1.29 is 117 Å². The van der Waals surface area contributed by atoms with Gasteiger partial charge in [0.15, 0.2) is 0 Å². The lowest BCUT2D eigenvalue weighted by molar-refractivity contribution is -0.142. The van der Waals surface area contributed by atoms with Crippen LogP contribution in [0.3, 0.4) is 0 Å². The van der Waals surface area contributed by atoms with Crippen LogP contribution in [0.5, 0.6) is 5.75 Å². The summed E-state index contributed by atoms with van der Waals surface area (Å²) in [6, 6.07) is 6.39. The maximum Gasteiger partial charge on any atom is 0.305 e. The highest BCUT2D eigenvalue weighted by atomic mass is 16.4. The summed E-state index contributed by atoms with van der Waals surface area (Å²) in [5.74, 6) is -22.6. The van der Waals surface area contributed by atoms with Gasteiger partial charge in [0.05, 0.1) is 56.8 Å². The molecule has 0 fully saturated rings. The van der Waals surface area contributed by atoms with Crippen molar-refractivity contribution in [2.45, 2.75) is 230 Å². The highest BCUT2D eigenvalue weighted by Gasteiger charge is 2.41. The van der Waals surface area contributed by atoms with E-state index in [9.17, 15) is 117 Å². The third-order valence-corrected chi connectivity index (χ3v) is 21.2. The van der Waals surface area contributed by atoms with E-state index in [1.165, 1.54) is 52.4 Å². The Hall–Kier alpha value is -13.8. The van der Waals surface area contributed by atoms with Crippen LogP contribution >= 0.6 is 0 Å². The standard InChI is InChI=1S/C88H123N19O24/c1-11-47(7)71(74(90)117)105-84(127)65(42-108)102-81(124)62(37-55-40-91-44-93-55)101-80(123)61(36-53-26-20-15-21-27-53)99-79(122)60(35-52-24-18-14-19-25-52)100-82(125)63(38-68(113)114)95-67(112)41-92-86(129)72(48(8)12-2)106-88(131)73(50(10)110)107-85(128)66(43-109)103-87(130)70(46(5)6)104-83(126)64(39-69(115)116)96-75(118)49(9)94-77(120)59(34-51-22-16-13-17-23-51)98-78(121)58(32-45(3)4)97-76(119)57(89)33-54-28-30-56(111)31-29-54/h13-31,40,44-50,57-66,70-73,108-111H,11-12,32-39,41-43,89H2,1-10H3,(H2,90,117)(H,91,93)(H,92,129)(H,94,120)(H,95,112)(H,96,118)(H,97,119)(H,98,121)(H,99,122)(H,100,125)(H,101,123)(H,102,124)(H,103,130)(H,104,126)(H,105,127)(H,106,131)(H,107,128)(H,113,114)(H,115,116)/t47-,48-,49-,50+,57-,58+,59-,60-,61-,62-,63-,64-,65-,66-,70-,71-,72-,73-/m0/s1. The number of nitrogens with one attached hydrogen (secondary N) is 16. The van der Waals surface area contributed by atoms with Crippen molar-refractivity contribution in [1.29, 1.82) is 0 Å². The average Bonchev–Trinajstić information content (AvgIpc) is 1.79. The Bertz CT molecular complexity index is 4690.